The number of piperidine rings is 1. The van der Waals surface area contributed by atoms with Gasteiger partial charge in [0.05, 0.1) is 18.2 Å². The summed E-state index contributed by atoms with van der Waals surface area (Å²) in [5.74, 6) is 1.45. The number of carbonyl (C=O) groups excluding carboxylic acids is 1. The number of pyridine rings is 1. The van der Waals surface area contributed by atoms with Crippen molar-refractivity contribution in [2.24, 2.45) is 5.92 Å². The minimum atomic E-state index is -0.598. The van der Waals surface area contributed by atoms with Gasteiger partial charge in [-0.1, -0.05) is 30.3 Å². The number of aliphatic hydroxyl groups excluding tert-OH is 1. The lowest BCUT2D eigenvalue weighted by Crippen LogP contribution is -2.33. The predicted molar refractivity (Wildman–Crippen MR) is 103 cm³/mol. The van der Waals surface area contributed by atoms with Crippen LogP contribution in [-0.2, 0) is 17.8 Å². The standard InChI is InChI=1S/C21H24N4O2/c26-15-24-11-8-16(9-12-24)13-20-23-21-18(7-4-10-22-21)25(20)14-19(27)17-5-2-1-3-6-17/h1-7,10,15-16,19,27H,8-9,11-14H2. The Morgan fingerprint density at radius 3 is 2.67 bits per heavy atom. The highest BCUT2D eigenvalue weighted by Crippen LogP contribution is 2.25. The fraction of sp³-hybridized carbons (Fsp3) is 0.381. The lowest BCUT2D eigenvalue weighted by molar-refractivity contribution is -0.119. The van der Waals surface area contributed by atoms with Gasteiger partial charge in [-0.2, -0.15) is 0 Å². The second-order valence-electron chi connectivity index (χ2n) is 7.20. The number of hydrogen-bond donors (Lipinski definition) is 1. The number of aromatic nitrogens is 3. The number of fused-ring (bicyclic) bond motifs is 1. The quantitative estimate of drug-likeness (QED) is 0.683. The molecule has 0 saturated carbocycles. The van der Waals surface area contributed by atoms with Crippen LogP contribution in [0.3, 0.4) is 0 Å². The first kappa shape index (κ1) is 17.7. The van der Waals surface area contributed by atoms with Gasteiger partial charge in [0.15, 0.2) is 5.65 Å². The van der Waals surface area contributed by atoms with E-state index in [0.29, 0.717) is 12.5 Å². The van der Waals surface area contributed by atoms with Gasteiger partial charge in [0.2, 0.25) is 6.41 Å². The van der Waals surface area contributed by atoms with Gasteiger partial charge in [-0.15, -0.1) is 0 Å². The van der Waals surface area contributed by atoms with Crippen molar-refractivity contribution >= 4 is 17.6 Å². The van der Waals surface area contributed by atoms with Crippen molar-refractivity contribution in [3.8, 4) is 0 Å². The zero-order valence-corrected chi connectivity index (χ0v) is 15.2. The average Bonchev–Trinajstić information content (AvgIpc) is 3.06. The van der Waals surface area contributed by atoms with E-state index in [1.165, 1.54) is 0 Å². The van der Waals surface area contributed by atoms with Crippen LogP contribution in [0.4, 0.5) is 0 Å². The smallest absolute Gasteiger partial charge is 0.209 e. The number of amides is 1. The normalized spacial score (nSPS) is 16.6. The van der Waals surface area contributed by atoms with E-state index in [-0.39, 0.29) is 0 Å². The molecule has 3 heterocycles. The molecule has 0 bridgehead atoms. The fourth-order valence-electron chi connectivity index (χ4n) is 3.84. The van der Waals surface area contributed by atoms with Gasteiger partial charge in [0, 0.05) is 25.7 Å². The zero-order valence-electron chi connectivity index (χ0n) is 15.2. The Labute approximate surface area is 158 Å². The molecule has 140 valence electrons. The molecular weight excluding hydrogens is 340 g/mol. The second kappa shape index (κ2) is 7.88. The van der Waals surface area contributed by atoms with Crippen LogP contribution in [0.5, 0.6) is 0 Å². The van der Waals surface area contributed by atoms with Gasteiger partial charge < -0.3 is 14.6 Å². The van der Waals surface area contributed by atoms with Crippen molar-refractivity contribution in [2.45, 2.75) is 31.9 Å². The van der Waals surface area contributed by atoms with E-state index in [4.69, 9.17) is 4.98 Å². The van der Waals surface area contributed by atoms with Crippen molar-refractivity contribution in [1.29, 1.82) is 0 Å². The van der Waals surface area contributed by atoms with Gasteiger partial charge in [-0.05, 0) is 36.5 Å². The Hall–Kier alpha value is -2.73. The van der Waals surface area contributed by atoms with Crippen LogP contribution in [0.15, 0.2) is 48.7 Å². The summed E-state index contributed by atoms with van der Waals surface area (Å²) in [6, 6.07) is 13.6. The van der Waals surface area contributed by atoms with Crippen LogP contribution in [-0.4, -0.2) is 44.0 Å². The van der Waals surface area contributed by atoms with Crippen molar-refractivity contribution in [3.05, 3.63) is 60.0 Å². The number of aliphatic hydroxyl groups is 1. The summed E-state index contributed by atoms with van der Waals surface area (Å²) in [6.07, 6.45) is 4.89. The summed E-state index contributed by atoms with van der Waals surface area (Å²) in [7, 11) is 0. The maximum absolute atomic E-state index is 10.9. The van der Waals surface area contributed by atoms with Crippen LogP contribution in [0.1, 0.15) is 30.3 Å². The predicted octanol–water partition coefficient (Wildman–Crippen LogP) is 2.58. The van der Waals surface area contributed by atoms with Crippen LogP contribution in [0.2, 0.25) is 0 Å². The van der Waals surface area contributed by atoms with E-state index in [2.05, 4.69) is 9.55 Å². The van der Waals surface area contributed by atoms with Gasteiger partial charge in [-0.3, -0.25) is 4.79 Å². The summed E-state index contributed by atoms with van der Waals surface area (Å²) in [4.78, 5) is 21.9. The lowest BCUT2D eigenvalue weighted by Gasteiger charge is -2.29. The molecule has 3 aromatic rings. The van der Waals surface area contributed by atoms with Crippen LogP contribution in [0, 0.1) is 5.92 Å². The molecule has 1 atom stereocenters. The Balaban J connectivity index is 1.59. The molecular formula is C21H24N4O2. The molecule has 0 radical (unpaired) electrons. The molecule has 1 N–H and O–H groups in total. The highest BCUT2D eigenvalue weighted by Gasteiger charge is 2.22. The summed E-state index contributed by atoms with van der Waals surface area (Å²) >= 11 is 0. The molecule has 1 unspecified atom stereocenters. The third-order valence-corrected chi connectivity index (χ3v) is 5.41. The molecule has 0 aliphatic carbocycles. The Bertz CT molecular complexity index is 901. The van der Waals surface area contributed by atoms with Gasteiger partial charge in [0.1, 0.15) is 5.82 Å². The van der Waals surface area contributed by atoms with Crippen molar-refractivity contribution < 1.29 is 9.90 Å². The summed E-state index contributed by atoms with van der Waals surface area (Å²) < 4.78 is 2.10. The van der Waals surface area contributed by atoms with E-state index >= 15 is 0 Å². The van der Waals surface area contributed by atoms with E-state index in [1.807, 2.05) is 47.4 Å². The van der Waals surface area contributed by atoms with Crippen molar-refractivity contribution in [1.82, 2.24) is 19.4 Å². The largest absolute Gasteiger partial charge is 0.387 e. The monoisotopic (exact) mass is 364 g/mol. The molecule has 1 saturated heterocycles. The molecule has 1 aliphatic heterocycles. The molecule has 4 rings (SSSR count). The van der Waals surface area contributed by atoms with Gasteiger partial charge in [-0.25, -0.2) is 9.97 Å². The van der Waals surface area contributed by atoms with E-state index in [9.17, 15) is 9.90 Å². The molecule has 1 aromatic carbocycles. The third kappa shape index (κ3) is 3.85. The average molecular weight is 364 g/mol. The number of rotatable bonds is 6. The van der Waals surface area contributed by atoms with E-state index in [1.54, 1.807) is 6.20 Å². The minimum Gasteiger partial charge on any atom is -0.387 e. The van der Waals surface area contributed by atoms with Crippen LogP contribution in [0.25, 0.3) is 11.2 Å². The van der Waals surface area contributed by atoms with Crippen LogP contribution >= 0.6 is 0 Å². The summed E-state index contributed by atoms with van der Waals surface area (Å²) in [6.45, 7) is 2.06. The third-order valence-electron chi connectivity index (χ3n) is 5.41. The van der Waals surface area contributed by atoms with Crippen molar-refractivity contribution in [2.75, 3.05) is 13.1 Å². The second-order valence-corrected chi connectivity index (χ2v) is 7.20. The molecule has 6 heteroatoms. The molecule has 1 amide bonds. The molecule has 2 aromatic heterocycles. The molecule has 27 heavy (non-hydrogen) atoms. The number of carbonyl (C=O) groups is 1. The molecule has 0 spiro atoms. The number of nitrogens with zero attached hydrogens (tertiary/aromatic N) is 4. The molecule has 6 nitrogen and oxygen atoms in total. The number of imidazole rings is 1. The summed E-state index contributed by atoms with van der Waals surface area (Å²) in [5, 5.41) is 10.7. The number of benzene rings is 1. The Kier molecular flexibility index (Phi) is 5.16. The highest BCUT2D eigenvalue weighted by molar-refractivity contribution is 5.71. The Morgan fingerprint density at radius 2 is 1.93 bits per heavy atom. The van der Waals surface area contributed by atoms with Crippen molar-refractivity contribution in [3.63, 3.8) is 0 Å². The van der Waals surface area contributed by atoms with Crippen LogP contribution < -0.4 is 0 Å². The minimum absolute atomic E-state index is 0.453. The zero-order chi connectivity index (χ0) is 18.6. The summed E-state index contributed by atoms with van der Waals surface area (Å²) in [5.41, 5.74) is 2.57. The number of likely N-dealkylation sites (tertiary alicyclic amines) is 1. The van der Waals surface area contributed by atoms with Gasteiger partial charge in [0.25, 0.3) is 0 Å². The lowest BCUT2D eigenvalue weighted by atomic mass is 9.93. The Morgan fingerprint density at radius 1 is 1.15 bits per heavy atom. The topological polar surface area (TPSA) is 71.2 Å². The maximum atomic E-state index is 10.9. The fourth-order valence-corrected chi connectivity index (χ4v) is 3.84. The first-order valence-corrected chi connectivity index (χ1v) is 9.47. The van der Waals surface area contributed by atoms with E-state index < -0.39 is 6.10 Å². The highest BCUT2D eigenvalue weighted by atomic mass is 16.3. The molecule has 1 fully saturated rings. The maximum Gasteiger partial charge on any atom is 0.209 e. The number of hydrogen-bond acceptors (Lipinski definition) is 4. The SMILES string of the molecule is O=CN1CCC(Cc2nc3ncccc3n2CC(O)c2ccccc2)CC1. The van der Waals surface area contributed by atoms with E-state index in [0.717, 1.165) is 61.3 Å². The first-order valence-electron chi connectivity index (χ1n) is 9.47. The van der Waals surface area contributed by atoms with Gasteiger partial charge >= 0.3 is 0 Å². The first-order chi connectivity index (χ1) is 13.2. The molecule has 1 aliphatic rings.